The van der Waals surface area contributed by atoms with Crippen LogP contribution in [0.4, 0.5) is 20.2 Å². The van der Waals surface area contributed by atoms with Gasteiger partial charge >= 0.3 is 0 Å². The minimum absolute atomic E-state index is 0.0683. The Morgan fingerprint density at radius 3 is 2.69 bits per heavy atom. The number of phenols is 1. The van der Waals surface area contributed by atoms with Crippen molar-refractivity contribution >= 4 is 28.3 Å². The highest BCUT2D eigenvalue weighted by molar-refractivity contribution is 6.00. The summed E-state index contributed by atoms with van der Waals surface area (Å²) in [5, 5.41) is 14.1. The summed E-state index contributed by atoms with van der Waals surface area (Å²) in [6.07, 6.45) is 2.94. The first-order chi connectivity index (χ1) is 20.1. The summed E-state index contributed by atoms with van der Waals surface area (Å²) < 4.78 is 32.3. The number of fused-ring (bicyclic) bond motifs is 5. The van der Waals surface area contributed by atoms with E-state index in [-0.39, 0.29) is 29.2 Å². The summed E-state index contributed by atoms with van der Waals surface area (Å²) in [6, 6.07) is 6.51. The number of nitrogens with zero attached hydrogens (tertiary/aromatic N) is 5. The summed E-state index contributed by atoms with van der Waals surface area (Å²) in [7, 11) is 0. The predicted molar refractivity (Wildman–Crippen MR) is 157 cm³/mol. The molecule has 1 amide bonds. The highest BCUT2D eigenvalue weighted by Crippen LogP contribution is 2.41. The molecule has 1 aromatic carbocycles. The number of halogens is 2. The lowest BCUT2D eigenvalue weighted by atomic mass is 10.0. The van der Waals surface area contributed by atoms with E-state index in [9.17, 15) is 19.1 Å². The van der Waals surface area contributed by atoms with Crippen molar-refractivity contribution in [2.45, 2.75) is 32.7 Å². The molecule has 2 aliphatic heterocycles. The lowest BCUT2D eigenvalue weighted by Crippen LogP contribution is -2.59. The Bertz CT molecular complexity index is 1820. The van der Waals surface area contributed by atoms with Crippen molar-refractivity contribution in [3.8, 4) is 22.7 Å². The number of aryl methyl sites for hydroxylation is 1. The number of nitrogens with one attached hydrogen (secondary N) is 1. The van der Waals surface area contributed by atoms with E-state index in [0.29, 0.717) is 48.6 Å². The van der Waals surface area contributed by atoms with E-state index in [0.717, 1.165) is 11.6 Å². The fourth-order valence-corrected chi connectivity index (χ4v) is 6.01. The van der Waals surface area contributed by atoms with Gasteiger partial charge in [0.25, 0.3) is 5.56 Å². The number of aromatic hydroxyl groups is 1. The maximum Gasteiger partial charge on any atom is 0.282 e. The Hall–Kier alpha value is -4.80. The van der Waals surface area contributed by atoms with E-state index < -0.39 is 34.2 Å². The standard InChI is InChI=1S/C31H30F2N6O3/c1-5-23(41)37-11-12-38-18(15-37)14-35-27-29(38)19-13-21(33)26(24-20(32)7-6-8-22(24)40)36-30(19)39(31(27)42)28-17(4)9-10-34-25(28)16(2)3/h5-10,13,16,18,35,40H,1,11-12,14-15H2,2-4H3/t18-/m1/s1. The van der Waals surface area contributed by atoms with Gasteiger partial charge in [0.2, 0.25) is 5.91 Å². The Kier molecular flexibility index (Phi) is 6.67. The van der Waals surface area contributed by atoms with Gasteiger partial charge in [-0.1, -0.05) is 26.5 Å². The van der Waals surface area contributed by atoms with Crippen LogP contribution in [0.2, 0.25) is 0 Å². The fourth-order valence-electron chi connectivity index (χ4n) is 6.01. The van der Waals surface area contributed by atoms with Crippen molar-refractivity contribution < 1.29 is 18.7 Å². The van der Waals surface area contributed by atoms with Crippen LogP contribution in [0.5, 0.6) is 5.75 Å². The van der Waals surface area contributed by atoms with E-state index >= 15 is 4.39 Å². The Balaban J connectivity index is 1.69. The molecule has 0 bridgehead atoms. The smallest absolute Gasteiger partial charge is 0.282 e. The predicted octanol–water partition coefficient (Wildman–Crippen LogP) is 4.49. The number of aromatic nitrogens is 3. The average molecular weight is 573 g/mol. The quantitative estimate of drug-likeness (QED) is 0.348. The molecule has 4 aromatic rings. The molecule has 2 aliphatic rings. The van der Waals surface area contributed by atoms with Gasteiger partial charge in [0.05, 0.1) is 28.7 Å². The van der Waals surface area contributed by atoms with Crippen molar-refractivity contribution in [1.82, 2.24) is 19.4 Å². The van der Waals surface area contributed by atoms with Crippen LogP contribution in [0.1, 0.15) is 31.0 Å². The number of phenolic OH excluding ortho intramolecular Hbond substituents is 1. The van der Waals surface area contributed by atoms with E-state index in [1.54, 1.807) is 17.2 Å². The van der Waals surface area contributed by atoms with E-state index in [1.165, 1.54) is 28.8 Å². The van der Waals surface area contributed by atoms with Crippen LogP contribution < -0.4 is 15.8 Å². The molecular weight excluding hydrogens is 542 g/mol. The number of benzene rings is 1. The Labute approximate surface area is 240 Å². The molecule has 11 heteroatoms. The molecule has 2 N–H and O–H groups in total. The van der Waals surface area contributed by atoms with Gasteiger partial charge in [-0.05, 0) is 48.7 Å². The van der Waals surface area contributed by atoms with Crippen LogP contribution in [0.25, 0.3) is 28.0 Å². The number of carbonyl (C=O) groups excluding carboxylic acids is 1. The van der Waals surface area contributed by atoms with Gasteiger partial charge in [0.1, 0.15) is 22.9 Å². The second-order valence-electron chi connectivity index (χ2n) is 10.9. The third-order valence-corrected chi connectivity index (χ3v) is 8.00. The molecule has 0 saturated carbocycles. The minimum Gasteiger partial charge on any atom is -0.507 e. The van der Waals surface area contributed by atoms with Crippen LogP contribution in [0.15, 0.2) is 54.0 Å². The van der Waals surface area contributed by atoms with Crippen molar-refractivity contribution in [2.75, 3.05) is 36.4 Å². The zero-order chi connectivity index (χ0) is 29.9. The van der Waals surface area contributed by atoms with Crippen molar-refractivity contribution in [1.29, 1.82) is 0 Å². The van der Waals surface area contributed by atoms with Crippen LogP contribution in [-0.2, 0) is 4.79 Å². The third-order valence-electron chi connectivity index (χ3n) is 8.00. The molecule has 9 nitrogen and oxygen atoms in total. The molecule has 0 radical (unpaired) electrons. The molecule has 0 aliphatic carbocycles. The van der Waals surface area contributed by atoms with Gasteiger partial charge in [-0.2, -0.15) is 0 Å². The maximum atomic E-state index is 16.0. The van der Waals surface area contributed by atoms with Crippen LogP contribution in [0.3, 0.4) is 0 Å². The number of pyridine rings is 3. The number of hydrogen-bond acceptors (Lipinski definition) is 7. The molecule has 1 atom stereocenters. The number of carbonyl (C=O) groups is 1. The lowest BCUT2D eigenvalue weighted by Gasteiger charge is -2.46. The summed E-state index contributed by atoms with van der Waals surface area (Å²) in [6.45, 7) is 10.9. The summed E-state index contributed by atoms with van der Waals surface area (Å²) >= 11 is 0. The largest absolute Gasteiger partial charge is 0.507 e. The number of rotatable bonds is 4. The summed E-state index contributed by atoms with van der Waals surface area (Å²) in [5.41, 5.74) is 1.53. The highest BCUT2D eigenvalue weighted by atomic mass is 19.1. The molecule has 1 fully saturated rings. The number of piperazine rings is 1. The van der Waals surface area contributed by atoms with Gasteiger partial charge in [-0.25, -0.2) is 13.8 Å². The van der Waals surface area contributed by atoms with E-state index in [2.05, 4.69) is 21.9 Å². The molecule has 3 aromatic heterocycles. The first-order valence-corrected chi connectivity index (χ1v) is 13.8. The van der Waals surface area contributed by atoms with Gasteiger partial charge in [-0.15, -0.1) is 0 Å². The number of anilines is 2. The van der Waals surface area contributed by atoms with Crippen molar-refractivity contribution in [3.05, 3.63) is 82.4 Å². The first kappa shape index (κ1) is 27.4. The zero-order valence-electron chi connectivity index (χ0n) is 23.5. The molecule has 42 heavy (non-hydrogen) atoms. The van der Waals surface area contributed by atoms with Gasteiger partial charge < -0.3 is 20.2 Å². The van der Waals surface area contributed by atoms with Gasteiger partial charge in [-0.3, -0.25) is 19.1 Å². The lowest BCUT2D eigenvalue weighted by molar-refractivity contribution is -0.126. The van der Waals surface area contributed by atoms with Gasteiger partial charge in [0.15, 0.2) is 11.5 Å². The van der Waals surface area contributed by atoms with E-state index in [1.807, 2.05) is 25.7 Å². The van der Waals surface area contributed by atoms with Crippen LogP contribution in [0, 0.1) is 18.6 Å². The second-order valence-corrected chi connectivity index (χ2v) is 10.9. The molecule has 216 valence electrons. The molecule has 6 rings (SSSR count). The average Bonchev–Trinajstić information content (AvgIpc) is 2.97. The normalized spacial score (nSPS) is 16.3. The van der Waals surface area contributed by atoms with Crippen molar-refractivity contribution in [3.63, 3.8) is 0 Å². The second kappa shape index (κ2) is 10.2. The molecule has 0 unspecified atom stereocenters. The Morgan fingerprint density at radius 2 is 1.98 bits per heavy atom. The maximum absolute atomic E-state index is 16.0. The summed E-state index contributed by atoms with van der Waals surface area (Å²) in [5.74, 6) is -2.43. The highest BCUT2D eigenvalue weighted by Gasteiger charge is 2.37. The Morgan fingerprint density at radius 1 is 1.19 bits per heavy atom. The van der Waals surface area contributed by atoms with Crippen LogP contribution >= 0.6 is 0 Å². The molecular formula is C31H30F2N6O3. The molecule has 5 heterocycles. The van der Waals surface area contributed by atoms with Crippen molar-refractivity contribution in [2.24, 2.45) is 0 Å². The monoisotopic (exact) mass is 572 g/mol. The molecule has 0 spiro atoms. The summed E-state index contributed by atoms with van der Waals surface area (Å²) in [4.78, 5) is 39.6. The third kappa shape index (κ3) is 4.18. The van der Waals surface area contributed by atoms with Gasteiger partial charge in [0, 0.05) is 37.8 Å². The first-order valence-electron chi connectivity index (χ1n) is 13.8. The number of amides is 1. The fraction of sp³-hybridized carbons (Fsp3) is 0.290. The minimum atomic E-state index is -0.857. The SMILES string of the molecule is C=CC(=O)N1CCN2c3c(c(=O)n(-c4c(C)ccnc4C(C)C)c4nc(-c5c(O)cccc5F)c(F)cc34)NC[C@@H]2C1. The number of hydrogen-bond donors (Lipinski definition) is 2. The zero-order valence-corrected chi connectivity index (χ0v) is 23.5. The van der Waals surface area contributed by atoms with Crippen LogP contribution in [-0.4, -0.2) is 62.7 Å². The van der Waals surface area contributed by atoms with E-state index in [4.69, 9.17) is 0 Å². The molecule has 1 saturated heterocycles. The topological polar surface area (TPSA) is 104 Å².